The molecule has 1 aromatic carbocycles. The van der Waals surface area contributed by atoms with Crippen molar-refractivity contribution < 1.29 is 13.2 Å². The van der Waals surface area contributed by atoms with E-state index in [1.54, 1.807) is 23.5 Å². The number of benzene rings is 1. The van der Waals surface area contributed by atoms with Crippen LogP contribution in [-0.2, 0) is 16.6 Å². The van der Waals surface area contributed by atoms with Crippen LogP contribution in [0.2, 0.25) is 0 Å². The number of thiophene rings is 1. The fraction of sp³-hybridized carbons (Fsp3) is 0.125. The van der Waals surface area contributed by atoms with Gasteiger partial charge in [-0.15, -0.1) is 22.7 Å². The number of hydrogen-bond acceptors (Lipinski definition) is 6. The van der Waals surface area contributed by atoms with Gasteiger partial charge in [-0.05, 0) is 31.2 Å². The maximum atomic E-state index is 12.6. The Morgan fingerprint density at radius 1 is 1.17 bits per heavy atom. The Labute approximate surface area is 147 Å². The van der Waals surface area contributed by atoms with Crippen molar-refractivity contribution in [1.82, 2.24) is 9.29 Å². The van der Waals surface area contributed by atoms with E-state index in [1.165, 1.54) is 28.3 Å². The van der Waals surface area contributed by atoms with Gasteiger partial charge in [0, 0.05) is 10.3 Å². The van der Waals surface area contributed by atoms with E-state index in [4.69, 9.17) is 0 Å². The fourth-order valence-corrected chi connectivity index (χ4v) is 5.88. The zero-order chi connectivity index (χ0) is 16.9. The molecule has 0 radical (unpaired) electrons. The van der Waals surface area contributed by atoms with Gasteiger partial charge >= 0.3 is 0 Å². The Balaban J connectivity index is 1.65. The number of amides is 1. The first-order valence-corrected chi connectivity index (χ1v) is 10.3. The van der Waals surface area contributed by atoms with E-state index in [2.05, 4.69) is 4.98 Å². The van der Waals surface area contributed by atoms with Crippen molar-refractivity contribution in [2.75, 3.05) is 0 Å². The summed E-state index contributed by atoms with van der Waals surface area (Å²) in [5.41, 5.74) is 1.04. The van der Waals surface area contributed by atoms with Crippen molar-refractivity contribution in [3.05, 3.63) is 57.2 Å². The number of nitrogens with zero attached hydrogens (tertiary/aromatic N) is 2. The molecule has 0 saturated heterocycles. The zero-order valence-electron chi connectivity index (χ0n) is 12.6. The van der Waals surface area contributed by atoms with Crippen molar-refractivity contribution in [3.8, 4) is 10.6 Å². The van der Waals surface area contributed by atoms with Gasteiger partial charge in [0.2, 0.25) is 0 Å². The van der Waals surface area contributed by atoms with Crippen LogP contribution in [0.25, 0.3) is 10.6 Å². The summed E-state index contributed by atoms with van der Waals surface area (Å²) < 4.78 is 26.0. The Bertz CT molecular complexity index is 1050. The highest BCUT2D eigenvalue weighted by Crippen LogP contribution is 2.33. The second kappa shape index (κ2) is 5.51. The zero-order valence-corrected chi connectivity index (χ0v) is 15.0. The van der Waals surface area contributed by atoms with Gasteiger partial charge in [0.15, 0.2) is 0 Å². The van der Waals surface area contributed by atoms with Gasteiger partial charge in [0.25, 0.3) is 15.9 Å². The third-order valence-electron chi connectivity index (χ3n) is 3.74. The Hall–Kier alpha value is -2.03. The minimum Gasteiger partial charge on any atom is -0.268 e. The third-order valence-corrected chi connectivity index (χ3v) is 7.38. The summed E-state index contributed by atoms with van der Waals surface area (Å²) in [5.74, 6) is -0.491. The average Bonchev–Trinajstić information content (AvgIpc) is 3.24. The van der Waals surface area contributed by atoms with Crippen molar-refractivity contribution in [2.24, 2.45) is 0 Å². The van der Waals surface area contributed by atoms with Gasteiger partial charge in [-0.25, -0.2) is 17.7 Å². The third kappa shape index (κ3) is 2.38. The predicted molar refractivity (Wildman–Crippen MR) is 93.7 cm³/mol. The molecule has 0 unspecified atom stereocenters. The van der Waals surface area contributed by atoms with Crippen molar-refractivity contribution >= 4 is 38.6 Å². The summed E-state index contributed by atoms with van der Waals surface area (Å²) in [6, 6.07) is 10.3. The SMILES string of the molecule is Cc1ccc(-c2csc(CN3C(=O)c4ccccc4S3(=O)=O)n2)s1. The second-order valence-corrected chi connectivity index (χ2v) is 9.41. The molecule has 0 atom stereocenters. The fourth-order valence-electron chi connectivity index (χ4n) is 2.58. The molecule has 4 rings (SSSR count). The number of carbonyl (C=O) groups is 1. The summed E-state index contributed by atoms with van der Waals surface area (Å²) >= 11 is 2.99. The number of aromatic nitrogens is 1. The van der Waals surface area contributed by atoms with Crippen molar-refractivity contribution in [1.29, 1.82) is 0 Å². The van der Waals surface area contributed by atoms with E-state index in [0.717, 1.165) is 14.9 Å². The minimum atomic E-state index is -3.79. The van der Waals surface area contributed by atoms with E-state index in [-0.39, 0.29) is 17.0 Å². The predicted octanol–water partition coefficient (Wildman–Crippen LogP) is 3.52. The number of fused-ring (bicyclic) bond motifs is 1. The molecule has 24 heavy (non-hydrogen) atoms. The van der Waals surface area contributed by atoms with Crippen LogP contribution in [0.5, 0.6) is 0 Å². The highest BCUT2D eigenvalue weighted by molar-refractivity contribution is 7.90. The minimum absolute atomic E-state index is 0.0368. The first-order valence-electron chi connectivity index (χ1n) is 7.14. The Morgan fingerprint density at radius 2 is 1.96 bits per heavy atom. The van der Waals surface area contributed by atoms with Crippen LogP contribution < -0.4 is 0 Å². The monoisotopic (exact) mass is 376 g/mol. The van der Waals surface area contributed by atoms with E-state index in [0.29, 0.717) is 5.01 Å². The molecular formula is C16H12N2O3S3. The van der Waals surface area contributed by atoms with Crippen molar-refractivity contribution in [2.45, 2.75) is 18.4 Å². The molecule has 122 valence electrons. The molecule has 1 aliphatic heterocycles. The normalized spacial score (nSPS) is 15.7. The highest BCUT2D eigenvalue weighted by Gasteiger charge is 2.41. The number of rotatable bonds is 3. The molecular weight excluding hydrogens is 364 g/mol. The molecule has 1 amide bonds. The van der Waals surface area contributed by atoms with Crippen molar-refractivity contribution in [3.63, 3.8) is 0 Å². The molecule has 0 fully saturated rings. The summed E-state index contributed by atoms with van der Waals surface area (Å²) in [6.07, 6.45) is 0. The number of aryl methyl sites for hydroxylation is 1. The van der Waals surface area contributed by atoms with Crippen LogP contribution in [0.1, 0.15) is 20.2 Å². The van der Waals surface area contributed by atoms with E-state index in [9.17, 15) is 13.2 Å². The first-order chi connectivity index (χ1) is 11.5. The van der Waals surface area contributed by atoms with Crippen LogP contribution in [-0.4, -0.2) is 23.6 Å². The smallest absolute Gasteiger partial charge is 0.268 e. The van der Waals surface area contributed by atoms with E-state index < -0.39 is 15.9 Å². The summed E-state index contributed by atoms with van der Waals surface area (Å²) in [4.78, 5) is 19.2. The largest absolute Gasteiger partial charge is 0.269 e. The number of sulfonamides is 1. The van der Waals surface area contributed by atoms with Crippen LogP contribution >= 0.6 is 22.7 Å². The maximum absolute atomic E-state index is 12.6. The Morgan fingerprint density at radius 3 is 2.67 bits per heavy atom. The van der Waals surface area contributed by atoms with Gasteiger partial charge in [-0.3, -0.25) is 4.79 Å². The van der Waals surface area contributed by atoms with Crippen LogP contribution in [0.15, 0.2) is 46.7 Å². The molecule has 5 nitrogen and oxygen atoms in total. The van der Waals surface area contributed by atoms with Crippen LogP contribution in [0, 0.1) is 6.92 Å². The quantitative estimate of drug-likeness (QED) is 0.701. The second-order valence-electron chi connectivity index (χ2n) is 5.35. The molecule has 0 spiro atoms. The highest BCUT2D eigenvalue weighted by atomic mass is 32.2. The van der Waals surface area contributed by atoms with Gasteiger partial charge in [0.05, 0.1) is 22.7 Å². The summed E-state index contributed by atoms with van der Waals surface area (Å²) in [6.45, 7) is 1.99. The molecule has 0 aliphatic carbocycles. The molecule has 3 aromatic rings. The number of hydrogen-bond donors (Lipinski definition) is 0. The lowest BCUT2D eigenvalue weighted by Gasteiger charge is -2.12. The number of thiazole rings is 1. The lowest BCUT2D eigenvalue weighted by atomic mass is 10.2. The summed E-state index contributed by atoms with van der Waals surface area (Å²) in [7, 11) is -3.79. The van der Waals surface area contributed by atoms with E-state index in [1.807, 2.05) is 24.4 Å². The molecule has 0 bridgehead atoms. The van der Waals surface area contributed by atoms with Gasteiger partial charge in [0.1, 0.15) is 9.90 Å². The van der Waals surface area contributed by atoms with Gasteiger partial charge < -0.3 is 0 Å². The topological polar surface area (TPSA) is 67.3 Å². The molecule has 0 N–H and O–H groups in total. The lowest BCUT2D eigenvalue weighted by Crippen LogP contribution is -2.29. The van der Waals surface area contributed by atoms with Gasteiger partial charge in [-0.2, -0.15) is 0 Å². The molecule has 0 saturated carbocycles. The summed E-state index contributed by atoms with van der Waals surface area (Å²) in [5, 5.41) is 2.49. The van der Waals surface area contributed by atoms with Crippen LogP contribution in [0.3, 0.4) is 0 Å². The van der Waals surface area contributed by atoms with Gasteiger partial charge in [-0.1, -0.05) is 12.1 Å². The van der Waals surface area contributed by atoms with E-state index >= 15 is 0 Å². The first kappa shape index (κ1) is 15.5. The maximum Gasteiger partial charge on any atom is 0.269 e. The molecule has 8 heteroatoms. The average molecular weight is 376 g/mol. The standard InChI is InChI=1S/C16H12N2O3S3/c1-10-6-7-13(23-10)12-9-22-15(17-12)8-18-16(19)11-4-2-3-5-14(11)24(18,20)21/h2-7,9H,8H2,1H3. The molecule has 3 heterocycles. The Kier molecular flexibility index (Phi) is 3.56. The van der Waals surface area contributed by atoms with Crippen LogP contribution in [0.4, 0.5) is 0 Å². The molecule has 1 aliphatic rings. The molecule has 2 aromatic heterocycles. The lowest BCUT2D eigenvalue weighted by molar-refractivity contribution is 0.0865. The number of carbonyl (C=O) groups excluding carboxylic acids is 1.